The lowest BCUT2D eigenvalue weighted by atomic mass is 10.2. The van der Waals surface area contributed by atoms with Gasteiger partial charge in [0.1, 0.15) is 35.0 Å². The van der Waals surface area contributed by atoms with Crippen molar-refractivity contribution in [3.8, 4) is 29.4 Å². The number of pyridine rings is 1. The topological polar surface area (TPSA) is 142 Å². The summed E-state index contributed by atoms with van der Waals surface area (Å²) in [5.41, 5.74) is -0.747. The van der Waals surface area contributed by atoms with E-state index in [1.165, 1.54) is 26.1 Å². The molecule has 1 unspecified atom stereocenters. The fourth-order valence-electron chi connectivity index (χ4n) is 2.91. The van der Waals surface area contributed by atoms with Crippen molar-refractivity contribution in [1.82, 2.24) is 4.98 Å². The number of carbonyl (C=O) groups is 1. The van der Waals surface area contributed by atoms with Crippen molar-refractivity contribution in [2.75, 3.05) is 11.9 Å². The molecule has 0 aliphatic heterocycles. The van der Waals surface area contributed by atoms with Gasteiger partial charge in [-0.05, 0) is 49.4 Å². The average Bonchev–Trinajstić information content (AvgIpc) is 2.83. The maximum absolute atomic E-state index is 13.5. The Morgan fingerprint density at radius 3 is 2.38 bits per heavy atom. The smallest absolute Gasteiger partial charge is 0.305 e. The number of rotatable bonds is 7. The Balaban J connectivity index is 1.67. The van der Waals surface area contributed by atoms with Gasteiger partial charge in [-0.1, -0.05) is 0 Å². The summed E-state index contributed by atoms with van der Waals surface area (Å²) >= 11 is 0. The Labute approximate surface area is 193 Å². The van der Waals surface area contributed by atoms with Crippen LogP contribution in [0.25, 0.3) is 0 Å². The molecule has 1 atom stereocenters. The molecule has 1 amide bonds. The van der Waals surface area contributed by atoms with Crippen molar-refractivity contribution < 1.29 is 23.6 Å². The number of amides is 1. The number of nitro groups is 1. The number of halogens is 1. The number of nitrogens with zero attached hydrogens (tertiary/aromatic N) is 5. The fraction of sp³-hybridized carbons (Fsp3) is 0.130. The molecular formula is C23H16FN5O5. The number of benzene rings is 2. The third kappa shape index (κ3) is 5.41. The molecular weight excluding hydrogens is 445 g/mol. The number of anilines is 1. The van der Waals surface area contributed by atoms with Gasteiger partial charge in [-0.3, -0.25) is 19.8 Å². The minimum absolute atomic E-state index is 0.0539. The number of hydrogen-bond donors (Lipinski definition) is 0. The Hall–Kier alpha value is -5.03. The zero-order valence-corrected chi connectivity index (χ0v) is 17.9. The van der Waals surface area contributed by atoms with E-state index in [1.807, 2.05) is 6.07 Å². The number of ether oxygens (including phenoxy) is 2. The molecule has 3 aromatic rings. The highest BCUT2D eigenvalue weighted by molar-refractivity contribution is 5.95. The molecule has 0 saturated carbocycles. The first-order valence-corrected chi connectivity index (χ1v) is 9.70. The van der Waals surface area contributed by atoms with E-state index in [-0.39, 0.29) is 17.1 Å². The Kier molecular flexibility index (Phi) is 6.99. The van der Waals surface area contributed by atoms with Crippen molar-refractivity contribution in [2.24, 2.45) is 0 Å². The zero-order chi connectivity index (χ0) is 24.8. The van der Waals surface area contributed by atoms with Gasteiger partial charge in [0.15, 0.2) is 6.10 Å². The Morgan fingerprint density at radius 2 is 1.76 bits per heavy atom. The highest BCUT2D eigenvalue weighted by atomic mass is 19.1. The summed E-state index contributed by atoms with van der Waals surface area (Å²) in [6.07, 6.45) is -0.958. The highest BCUT2D eigenvalue weighted by Crippen LogP contribution is 2.26. The van der Waals surface area contributed by atoms with Crippen molar-refractivity contribution in [2.45, 2.75) is 13.0 Å². The van der Waals surface area contributed by atoms with E-state index in [1.54, 1.807) is 30.3 Å². The minimum atomic E-state index is -0.958. The zero-order valence-electron chi connectivity index (χ0n) is 17.9. The van der Waals surface area contributed by atoms with E-state index >= 15 is 0 Å². The van der Waals surface area contributed by atoms with E-state index in [0.29, 0.717) is 11.5 Å². The molecule has 34 heavy (non-hydrogen) atoms. The summed E-state index contributed by atoms with van der Waals surface area (Å²) < 4.78 is 24.7. The first kappa shape index (κ1) is 23.6. The summed E-state index contributed by atoms with van der Waals surface area (Å²) in [7, 11) is 1.41. The molecule has 0 saturated heterocycles. The van der Waals surface area contributed by atoms with Crippen LogP contribution in [0.4, 0.5) is 15.9 Å². The monoisotopic (exact) mass is 461 g/mol. The van der Waals surface area contributed by atoms with Crippen molar-refractivity contribution in [3.05, 3.63) is 81.8 Å². The summed E-state index contributed by atoms with van der Waals surface area (Å²) in [6.45, 7) is 1.51. The lowest BCUT2D eigenvalue weighted by Crippen LogP contribution is -2.38. The largest absolute Gasteiger partial charge is 0.481 e. The van der Waals surface area contributed by atoms with E-state index in [9.17, 15) is 19.3 Å². The average molecular weight is 461 g/mol. The van der Waals surface area contributed by atoms with E-state index < -0.39 is 34.1 Å². The number of nitriles is 2. The van der Waals surface area contributed by atoms with Crippen LogP contribution in [-0.4, -0.2) is 29.0 Å². The molecule has 2 aromatic carbocycles. The van der Waals surface area contributed by atoms with E-state index in [0.717, 1.165) is 23.1 Å². The second-order valence-corrected chi connectivity index (χ2v) is 6.92. The third-order valence-electron chi connectivity index (χ3n) is 4.56. The Bertz CT molecular complexity index is 1330. The number of carbonyl (C=O) groups excluding carboxylic acids is 1. The second-order valence-electron chi connectivity index (χ2n) is 6.92. The normalized spacial score (nSPS) is 11.0. The first-order chi connectivity index (χ1) is 16.2. The predicted molar refractivity (Wildman–Crippen MR) is 117 cm³/mol. The van der Waals surface area contributed by atoms with Crippen molar-refractivity contribution >= 4 is 17.4 Å². The standard InChI is InChI=1S/C23H16FN5O5/c1-14(23(30)28(2)22-8-7-21(29(31)32)20(13-26)27-22)33-17-3-5-18(6-4-17)34-19-10-15(12-25)9-16(24)11-19/h3-11,14H,1-2H3. The quantitative estimate of drug-likeness (QED) is 0.378. The first-order valence-electron chi connectivity index (χ1n) is 9.70. The van der Waals surface area contributed by atoms with Gasteiger partial charge < -0.3 is 9.47 Å². The van der Waals surface area contributed by atoms with Crippen LogP contribution in [0.2, 0.25) is 0 Å². The SMILES string of the molecule is CC(Oc1ccc(Oc2cc(F)cc(C#N)c2)cc1)C(=O)N(C)c1ccc([N+](=O)[O-])c(C#N)n1. The van der Waals surface area contributed by atoms with Crippen LogP contribution >= 0.6 is 0 Å². The lowest BCUT2D eigenvalue weighted by Gasteiger charge is -2.21. The van der Waals surface area contributed by atoms with Crippen LogP contribution in [-0.2, 0) is 4.79 Å². The summed E-state index contributed by atoms with van der Waals surface area (Å²) in [5, 5.41) is 29.0. The van der Waals surface area contributed by atoms with Crippen LogP contribution < -0.4 is 14.4 Å². The van der Waals surface area contributed by atoms with Crippen molar-refractivity contribution in [3.63, 3.8) is 0 Å². The van der Waals surface area contributed by atoms with Crippen LogP contribution in [0, 0.1) is 38.6 Å². The highest BCUT2D eigenvalue weighted by Gasteiger charge is 2.24. The van der Waals surface area contributed by atoms with E-state index in [2.05, 4.69) is 4.98 Å². The number of aromatic nitrogens is 1. The Morgan fingerprint density at radius 1 is 1.09 bits per heavy atom. The van der Waals surface area contributed by atoms with Gasteiger partial charge >= 0.3 is 5.69 Å². The molecule has 10 nitrogen and oxygen atoms in total. The van der Waals surface area contributed by atoms with Gasteiger partial charge in [-0.25, -0.2) is 9.37 Å². The second kappa shape index (κ2) is 10.1. The molecule has 170 valence electrons. The molecule has 0 bridgehead atoms. The minimum Gasteiger partial charge on any atom is -0.481 e. The van der Waals surface area contributed by atoms with Gasteiger partial charge in [-0.15, -0.1) is 0 Å². The summed E-state index contributed by atoms with van der Waals surface area (Å²) in [6, 6.07) is 15.7. The molecule has 0 spiro atoms. The van der Waals surface area contributed by atoms with Crippen LogP contribution in [0.15, 0.2) is 54.6 Å². The molecule has 0 fully saturated rings. The van der Waals surface area contributed by atoms with Crippen LogP contribution in [0.3, 0.4) is 0 Å². The van der Waals surface area contributed by atoms with Gasteiger partial charge in [0.25, 0.3) is 5.91 Å². The molecule has 1 aromatic heterocycles. The van der Waals surface area contributed by atoms with Gasteiger partial charge in [0.05, 0.1) is 16.6 Å². The van der Waals surface area contributed by atoms with Gasteiger partial charge in [0.2, 0.25) is 5.69 Å². The molecule has 3 rings (SSSR count). The maximum atomic E-state index is 13.5. The van der Waals surface area contributed by atoms with Crippen LogP contribution in [0.1, 0.15) is 18.2 Å². The maximum Gasteiger partial charge on any atom is 0.305 e. The van der Waals surface area contributed by atoms with Crippen LogP contribution in [0.5, 0.6) is 17.2 Å². The molecule has 0 N–H and O–H groups in total. The van der Waals surface area contributed by atoms with E-state index in [4.69, 9.17) is 20.0 Å². The number of hydrogen-bond acceptors (Lipinski definition) is 8. The molecule has 1 heterocycles. The number of likely N-dealkylation sites (N-methyl/N-ethyl adjacent to an activating group) is 1. The predicted octanol–water partition coefficient (Wildman–Crippen LogP) is 4.09. The fourth-order valence-corrected chi connectivity index (χ4v) is 2.91. The third-order valence-corrected chi connectivity index (χ3v) is 4.56. The summed E-state index contributed by atoms with van der Waals surface area (Å²) in [5.74, 6) is -0.199. The van der Waals surface area contributed by atoms with Crippen molar-refractivity contribution in [1.29, 1.82) is 10.5 Å². The molecule has 0 aliphatic carbocycles. The van der Waals surface area contributed by atoms with Gasteiger partial charge in [0, 0.05) is 19.2 Å². The molecule has 0 aliphatic rings. The lowest BCUT2D eigenvalue weighted by molar-refractivity contribution is -0.385. The molecule has 11 heteroatoms. The molecule has 0 radical (unpaired) electrons. The van der Waals surface area contributed by atoms with Gasteiger partial charge in [-0.2, -0.15) is 10.5 Å². The summed E-state index contributed by atoms with van der Waals surface area (Å²) in [4.78, 5) is 28.0.